The Hall–Kier alpha value is -2.26. The molecule has 2 aromatic rings. The molecule has 1 aliphatic rings. The molecule has 0 spiro atoms. The number of carbonyl (C=O) groups is 1. The van der Waals surface area contributed by atoms with Crippen LogP contribution in [0.25, 0.3) is 0 Å². The zero-order valence-corrected chi connectivity index (χ0v) is 18.0. The van der Waals surface area contributed by atoms with Gasteiger partial charge in [-0.15, -0.1) is 0 Å². The Kier molecular flexibility index (Phi) is 6.46. The highest BCUT2D eigenvalue weighted by atomic mass is 79.9. The Labute approximate surface area is 179 Å². The number of carbonyl (C=O) groups excluding carboxylic acids is 1. The number of ether oxygens (including phenoxy) is 1. The van der Waals surface area contributed by atoms with Crippen LogP contribution in [-0.4, -0.2) is 40.0 Å². The highest BCUT2D eigenvalue weighted by molar-refractivity contribution is 9.11. The molecule has 1 fully saturated rings. The van der Waals surface area contributed by atoms with Crippen LogP contribution < -0.4 is 10.5 Å². The molecular weight excluding hydrogens is 494 g/mol. The first-order valence-corrected chi connectivity index (χ1v) is 10.3. The molecule has 0 aromatic heterocycles. The number of amidine groups is 1. The molecule has 4 N–H and O–H groups in total. The van der Waals surface area contributed by atoms with E-state index in [-0.39, 0.29) is 23.1 Å². The molecule has 0 atom stereocenters. The average molecular weight is 513 g/mol. The summed E-state index contributed by atoms with van der Waals surface area (Å²) >= 11 is 6.81. The maximum Gasteiger partial charge on any atom is 0.257 e. The molecule has 9 heteroatoms. The fourth-order valence-corrected chi connectivity index (χ4v) is 4.35. The molecule has 0 radical (unpaired) electrons. The largest absolute Gasteiger partial charge is 0.507 e. The van der Waals surface area contributed by atoms with E-state index in [0.29, 0.717) is 39.1 Å². The number of rotatable bonds is 4. The van der Waals surface area contributed by atoms with Gasteiger partial charge in [0, 0.05) is 18.7 Å². The van der Waals surface area contributed by atoms with Crippen molar-refractivity contribution in [2.75, 3.05) is 13.1 Å². The van der Waals surface area contributed by atoms with Gasteiger partial charge in [0.2, 0.25) is 0 Å². The minimum Gasteiger partial charge on any atom is -0.507 e. The number of nitrogens with two attached hydrogens (primary N) is 1. The van der Waals surface area contributed by atoms with Crippen molar-refractivity contribution in [3.05, 3.63) is 50.4 Å². The molecule has 0 saturated carbocycles. The fourth-order valence-electron chi connectivity index (χ4n) is 3.00. The van der Waals surface area contributed by atoms with Crippen molar-refractivity contribution in [3.8, 4) is 17.2 Å². The van der Waals surface area contributed by atoms with Crippen LogP contribution in [0.2, 0.25) is 0 Å². The van der Waals surface area contributed by atoms with Gasteiger partial charge in [-0.1, -0.05) is 5.16 Å². The van der Waals surface area contributed by atoms with Gasteiger partial charge in [0.25, 0.3) is 5.91 Å². The van der Waals surface area contributed by atoms with Crippen molar-refractivity contribution in [2.24, 2.45) is 10.9 Å². The summed E-state index contributed by atoms with van der Waals surface area (Å²) in [5.41, 5.74) is 6.33. The summed E-state index contributed by atoms with van der Waals surface area (Å²) < 4.78 is 7.06. The van der Waals surface area contributed by atoms with E-state index < -0.39 is 0 Å². The monoisotopic (exact) mass is 511 g/mol. The Morgan fingerprint density at radius 3 is 2.36 bits per heavy atom. The number of likely N-dealkylation sites (tertiary alicyclic amines) is 1. The molecule has 1 aliphatic heterocycles. The van der Waals surface area contributed by atoms with Crippen molar-refractivity contribution in [3.63, 3.8) is 0 Å². The minimum absolute atomic E-state index is 0.0352. The van der Waals surface area contributed by atoms with Gasteiger partial charge >= 0.3 is 0 Å². The van der Waals surface area contributed by atoms with Crippen LogP contribution in [-0.2, 0) is 0 Å². The summed E-state index contributed by atoms with van der Waals surface area (Å²) in [5.74, 6) is 0.533. The van der Waals surface area contributed by atoms with Gasteiger partial charge in [0.15, 0.2) is 11.6 Å². The third-order valence-corrected chi connectivity index (χ3v) is 5.64. The third kappa shape index (κ3) is 4.41. The Bertz CT molecular complexity index is 904. The summed E-state index contributed by atoms with van der Waals surface area (Å²) in [7, 11) is 0. The fraction of sp³-hybridized carbons (Fsp3) is 0.263. The smallest absolute Gasteiger partial charge is 0.257 e. The van der Waals surface area contributed by atoms with Gasteiger partial charge in [-0.25, -0.2) is 0 Å². The molecule has 7 nitrogen and oxygen atoms in total. The number of hydrogen-bond donors (Lipinski definition) is 3. The van der Waals surface area contributed by atoms with E-state index in [1.807, 2.05) is 0 Å². The summed E-state index contributed by atoms with van der Waals surface area (Å²) in [4.78, 5) is 14.5. The van der Waals surface area contributed by atoms with E-state index in [1.165, 1.54) is 12.1 Å². The van der Waals surface area contributed by atoms with E-state index in [4.69, 9.17) is 15.7 Å². The third-order valence-electron chi connectivity index (χ3n) is 4.46. The van der Waals surface area contributed by atoms with Gasteiger partial charge in [-0.3, -0.25) is 4.79 Å². The molecular formula is C19H19Br2N3O4. The quantitative estimate of drug-likeness (QED) is 0.243. The van der Waals surface area contributed by atoms with Gasteiger partial charge in [0.05, 0.1) is 14.5 Å². The second-order valence-corrected chi connectivity index (χ2v) is 8.10. The van der Waals surface area contributed by atoms with E-state index in [2.05, 4.69) is 37.0 Å². The predicted octanol–water partition coefficient (Wildman–Crippen LogP) is 4.43. The lowest BCUT2D eigenvalue weighted by Gasteiger charge is -2.27. The molecule has 0 aliphatic carbocycles. The molecule has 1 amide bonds. The normalized spacial score (nSPS) is 14.8. The van der Waals surface area contributed by atoms with Crippen molar-refractivity contribution in [2.45, 2.75) is 19.3 Å². The van der Waals surface area contributed by atoms with Gasteiger partial charge in [-0.05, 0) is 81.5 Å². The van der Waals surface area contributed by atoms with E-state index in [1.54, 1.807) is 23.1 Å². The maximum absolute atomic E-state index is 12.8. The number of piperidine rings is 1. The van der Waals surface area contributed by atoms with Gasteiger partial charge < -0.3 is 25.7 Å². The Morgan fingerprint density at radius 1 is 1.11 bits per heavy atom. The summed E-state index contributed by atoms with van der Waals surface area (Å²) in [6.45, 7) is 1.38. The molecule has 0 bridgehead atoms. The summed E-state index contributed by atoms with van der Waals surface area (Å²) in [6.07, 6.45) is 3.05. The Morgan fingerprint density at radius 2 is 1.75 bits per heavy atom. The number of nitrogens with zero attached hydrogens (tertiary/aromatic N) is 2. The standard InChI is InChI=1S/C19H19Br2N3O4/c20-14-8-11(18(22)23-27)9-15(21)17(14)28-12-4-5-16(25)13(10-12)19(26)24-6-2-1-3-7-24/h4-5,8-10,25,27H,1-3,6-7H2,(H2,22,23). The molecule has 28 heavy (non-hydrogen) atoms. The molecule has 148 valence electrons. The molecule has 3 rings (SSSR count). The van der Waals surface area contributed by atoms with Crippen LogP contribution in [0.15, 0.2) is 44.4 Å². The predicted molar refractivity (Wildman–Crippen MR) is 112 cm³/mol. The highest BCUT2D eigenvalue weighted by Gasteiger charge is 2.22. The second-order valence-electron chi connectivity index (χ2n) is 6.39. The second kappa shape index (κ2) is 8.83. The average Bonchev–Trinajstić information content (AvgIpc) is 2.71. The van der Waals surface area contributed by atoms with Crippen LogP contribution in [0.1, 0.15) is 35.2 Å². The van der Waals surface area contributed by atoms with E-state index in [9.17, 15) is 9.90 Å². The van der Waals surface area contributed by atoms with Crippen LogP contribution in [0.4, 0.5) is 0 Å². The lowest BCUT2D eigenvalue weighted by Crippen LogP contribution is -2.35. The van der Waals surface area contributed by atoms with Crippen LogP contribution in [0.3, 0.4) is 0 Å². The number of halogens is 2. The number of amides is 1. The first-order valence-electron chi connectivity index (χ1n) is 8.68. The van der Waals surface area contributed by atoms with Crippen LogP contribution in [0.5, 0.6) is 17.2 Å². The minimum atomic E-state index is -0.205. The highest BCUT2D eigenvalue weighted by Crippen LogP contribution is 2.39. The van der Waals surface area contributed by atoms with Gasteiger partial charge in [0.1, 0.15) is 11.5 Å². The molecule has 2 aromatic carbocycles. The van der Waals surface area contributed by atoms with Gasteiger partial charge in [-0.2, -0.15) is 0 Å². The molecule has 1 saturated heterocycles. The SMILES string of the molecule is N/C(=N\O)c1cc(Br)c(Oc2ccc(O)c(C(=O)N3CCCCC3)c2)c(Br)c1. The molecule has 0 unspecified atom stereocenters. The zero-order valence-electron chi connectivity index (χ0n) is 14.9. The maximum atomic E-state index is 12.8. The van der Waals surface area contributed by atoms with E-state index in [0.717, 1.165) is 19.3 Å². The zero-order chi connectivity index (χ0) is 20.3. The van der Waals surface area contributed by atoms with Crippen LogP contribution in [0, 0.1) is 0 Å². The van der Waals surface area contributed by atoms with Crippen LogP contribution >= 0.6 is 31.9 Å². The number of oxime groups is 1. The topological polar surface area (TPSA) is 108 Å². The summed E-state index contributed by atoms with van der Waals surface area (Å²) in [6, 6.07) is 7.85. The van der Waals surface area contributed by atoms with Crippen molar-refractivity contribution in [1.29, 1.82) is 0 Å². The summed E-state index contributed by atoms with van der Waals surface area (Å²) in [5, 5.41) is 22.0. The first-order chi connectivity index (χ1) is 13.4. The molecule has 1 heterocycles. The van der Waals surface area contributed by atoms with Crippen molar-refractivity contribution < 1.29 is 19.8 Å². The lowest BCUT2D eigenvalue weighted by molar-refractivity contribution is 0.0721. The van der Waals surface area contributed by atoms with Crippen molar-refractivity contribution >= 4 is 43.6 Å². The first kappa shape index (κ1) is 20.5. The number of aromatic hydroxyl groups is 1. The number of benzene rings is 2. The lowest BCUT2D eigenvalue weighted by atomic mass is 10.1. The number of phenolic OH excluding ortho intramolecular Hbond substituents is 1. The number of phenols is 1. The Balaban J connectivity index is 1.88. The van der Waals surface area contributed by atoms with E-state index >= 15 is 0 Å². The number of hydrogen-bond acceptors (Lipinski definition) is 5. The van der Waals surface area contributed by atoms with Crippen molar-refractivity contribution in [1.82, 2.24) is 4.90 Å².